The summed E-state index contributed by atoms with van der Waals surface area (Å²) in [6.45, 7) is 9.71. The number of alkyl carbamates (subject to hydrolysis) is 1. The number of nitrogens with one attached hydrogen (secondary N) is 3. The fourth-order valence-electron chi connectivity index (χ4n) is 4.09. The Balaban J connectivity index is 1.85. The Kier molecular flexibility index (Phi) is 11.7. The minimum Gasteiger partial charge on any atom is -0.444 e. The second kappa shape index (κ2) is 14.3. The van der Waals surface area contributed by atoms with Gasteiger partial charge in [0.2, 0.25) is 17.7 Å². The van der Waals surface area contributed by atoms with E-state index < -0.39 is 23.8 Å². The highest BCUT2D eigenvalue weighted by molar-refractivity contribution is 7.98. The van der Waals surface area contributed by atoms with Crippen LogP contribution in [0.15, 0.2) is 30.3 Å². The van der Waals surface area contributed by atoms with E-state index in [9.17, 15) is 19.2 Å². The largest absolute Gasteiger partial charge is 0.444 e. The molecule has 1 aromatic rings. The first kappa shape index (κ1) is 30.5. The number of benzene rings is 1. The number of carbonyl (C=O) groups is 4. The Hall–Kier alpha value is -2.75. The highest BCUT2D eigenvalue weighted by Gasteiger charge is 2.33. The van der Waals surface area contributed by atoms with E-state index in [4.69, 9.17) is 4.74 Å². The van der Waals surface area contributed by atoms with Crippen LogP contribution in [0.3, 0.4) is 0 Å². The van der Waals surface area contributed by atoms with E-state index in [0.29, 0.717) is 38.1 Å². The highest BCUT2D eigenvalue weighted by Crippen LogP contribution is 2.20. The summed E-state index contributed by atoms with van der Waals surface area (Å²) in [6, 6.07) is 8.11. The van der Waals surface area contributed by atoms with Gasteiger partial charge in [-0.3, -0.25) is 14.4 Å². The van der Waals surface area contributed by atoms with Crippen molar-refractivity contribution in [2.24, 2.45) is 5.92 Å². The lowest BCUT2D eigenvalue weighted by Crippen LogP contribution is -2.53. The maximum atomic E-state index is 13.2. The van der Waals surface area contributed by atoms with Gasteiger partial charge >= 0.3 is 6.09 Å². The van der Waals surface area contributed by atoms with Crippen LogP contribution in [-0.4, -0.2) is 71.5 Å². The number of hydrogen-bond acceptors (Lipinski definition) is 6. The zero-order valence-corrected chi connectivity index (χ0v) is 23.7. The van der Waals surface area contributed by atoms with Crippen LogP contribution in [0.1, 0.15) is 65.5 Å². The standard InChI is InChI=1S/C27H42N4O5S/c1-18(20-10-8-7-9-11-20)28-23(32)19(2)29-24(33)21-12-15-31(16-13-21)25(34)22(14-17-37-6)30-26(35)36-27(3,4)5/h7-11,18-19,21-22H,12-17H2,1-6H3,(H,28,32)(H,29,33)(H,30,35)/t18-,19+,22+/m1/s1. The molecule has 0 aliphatic carbocycles. The van der Waals surface area contributed by atoms with Crippen molar-refractivity contribution in [2.75, 3.05) is 25.1 Å². The summed E-state index contributed by atoms with van der Waals surface area (Å²) in [5.41, 5.74) is 0.333. The number of hydrogen-bond donors (Lipinski definition) is 3. The lowest BCUT2D eigenvalue weighted by molar-refractivity contribution is -0.138. The summed E-state index contributed by atoms with van der Waals surface area (Å²) < 4.78 is 5.33. The van der Waals surface area contributed by atoms with Crippen LogP contribution in [0.25, 0.3) is 0 Å². The minimum absolute atomic E-state index is 0.165. The first-order chi connectivity index (χ1) is 17.4. The molecule has 2 rings (SSSR count). The molecule has 37 heavy (non-hydrogen) atoms. The van der Waals surface area contributed by atoms with Crippen LogP contribution in [0.4, 0.5) is 4.79 Å². The van der Waals surface area contributed by atoms with Crippen LogP contribution >= 0.6 is 11.8 Å². The third kappa shape index (κ3) is 10.3. The van der Waals surface area contributed by atoms with E-state index in [-0.39, 0.29) is 29.7 Å². The maximum Gasteiger partial charge on any atom is 0.408 e. The molecule has 9 nitrogen and oxygen atoms in total. The van der Waals surface area contributed by atoms with Gasteiger partial charge < -0.3 is 25.6 Å². The van der Waals surface area contributed by atoms with Gasteiger partial charge in [0.1, 0.15) is 17.7 Å². The SMILES string of the molecule is CSCC[C@H](NC(=O)OC(C)(C)C)C(=O)N1CCC(C(=O)N[C@@H](C)C(=O)N[C@H](C)c2ccccc2)CC1. The first-order valence-corrected chi connectivity index (χ1v) is 14.2. The van der Waals surface area contributed by atoms with Crippen LogP contribution in [-0.2, 0) is 19.1 Å². The Morgan fingerprint density at radius 1 is 1.03 bits per heavy atom. The van der Waals surface area contributed by atoms with Crippen molar-refractivity contribution < 1.29 is 23.9 Å². The van der Waals surface area contributed by atoms with Gasteiger partial charge in [0.05, 0.1) is 6.04 Å². The maximum absolute atomic E-state index is 13.2. The van der Waals surface area contributed by atoms with Crippen LogP contribution < -0.4 is 16.0 Å². The first-order valence-electron chi connectivity index (χ1n) is 12.8. The molecule has 4 amide bonds. The summed E-state index contributed by atoms with van der Waals surface area (Å²) in [5, 5.41) is 8.47. The van der Waals surface area contributed by atoms with E-state index in [2.05, 4.69) is 16.0 Å². The predicted molar refractivity (Wildman–Crippen MR) is 146 cm³/mol. The molecule has 206 valence electrons. The number of ether oxygens (including phenoxy) is 1. The molecule has 0 spiro atoms. The number of piperidine rings is 1. The Bertz CT molecular complexity index is 913. The molecule has 1 aliphatic heterocycles. The number of carbonyl (C=O) groups excluding carboxylic acids is 4. The molecule has 3 atom stereocenters. The van der Waals surface area contributed by atoms with Crippen molar-refractivity contribution in [3.05, 3.63) is 35.9 Å². The molecule has 10 heteroatoms. The van der Waals surface area contributed by atoms with Gasteiger partial charge in [0.25, 0.3) is 0 Å². The fraction of sp³-hybridized carbons (Fsp3) is 0.630. The van der Waals surface area contributed by atoms with Crippen molar-refractivity contribution in [3.63, 3.8) is 0 Å². The number of amides is 4. The molecular weight excluding hydrogens is 492 g/mol. The van der Waals surface area contributed by atoms with Gasteiger partial charge in [-0.25, -0.2) is 4.79 Å². The molecule has 0 radical (unpaired) electrons. The third-order valence-corrected chi connectivity index (χ3v) is 6.83. The lowest BCUT2D eigenvalue weighted by Gasteiger charge is -2.34. The monoisotopic (exact) mass is 534 g/mol. The minimum atomic E-state index is -0.678. The molecular formula is C27H42N4O5S. The fourth-order valence-corrected chi connectivity index (χ4v) is 4.56. The third-order valence-electron chi connectivity index (χ3n) is 6.19. The highest BCUT2D eigenvalue weighted by atomic mass is 32.2. The summed E-state index contributed by atoms with van der Waals surface area (Å²) in [5.74, 6) is -0.167. The smallest absolute Gasteiger partial charge is 0.408 e. The Labute approximate surface area is 224 Å². The second-order valence-corrected chi connectivity index (χ2v) is 11.4. The number of thioether (sulfide) groups is 1. The quantitative estimate of drug-likeness (QED) is 0.424. The van der Waals surface area contributed by atoms with Crippen LogP contribution in [0.2, 0.25) is 0 Å². The molecule has 1 saturated heterocycles. The topological polar surface area (TPSA) is 117 Å². The van der Waals surface area contributed by atoms with E-state index in [1.54, 1.807) is 44.4 Å². The molecule has 0 bridgehead atoms. The van der Waals surface area contributed by atoms with Gasteiger partial charge in [-0.05, 0) is 71.5 Å². The molecule has 0 saturated carbocycles. The van der Waals surface area contributed by atoms with Crippen molar-refractivity contribution in [1.29, 1.82) is 0 Å². The van der Waals surface area contributed by atoms with Crippen molar-refractivity contribution in [2.45, 2.75) is 77.6 Å². The average molecular weight is 535 g/mol. The summed E-state index contributed by atoms with van der Waals surface area (Å²) in [6.07, 6.45) is 2.81. The normalized spacial score (nSPS) is 16.8. The summed E-state index contributed by atoms with van der Waals surface area (Å²) in [7, 11) is 0. The van der Waals surface area contributed by atoms with Crippen molar-refractivity contribution in [1.82, 2.24) is 20.9 Å². The average Bonchev–Trinajstić information content (AvgIpc) is 2.85. The Morgan fingerprint density at radius 3 is 2.22 bits per heavy atom. The second-order valence-electron chi connectivity index (χ2n) is 10.5. The zero-order chi connectivity index (χ0) is 27.6. The van der Waals surface area contributed by atoms with Gasteiger partial charge in [-0.2, -0.15) is 11.8 Å². The van der Waals surface area contributed by atoms with E-state index in [0.717, 1.165) is 5.56 Å². The van der Waals surface area contributed by atoms with Gasteiger partial charge in [0, 0.05) is 19.0 Å². The summed E-state index contributed by atoms with van der Waals surface area (Å²) in [4.78, 5) is 52.6. The van der Waals surface area contributed by atoms with Gasteiger partial charge in [-0.15, -0.1) is 0 Å². The molecule has 1 aromatic carbocycles. The Morgan fingerprint density at radius 2 is 1.65 bits per heavy atom. The van der Waals surface area contributed by atoms with Crippen molar-refractivity contribution in [3.8, 4) is 0 Å². The predicted octanol–water partition coefficient (Wildman–Crippen LogP) is 3.25. The summed E-state index contributed by atoms with van der Waals surface area (Å²) >= 11 is 1.60. The van der Waals surface area contributed by atoms with Crippen LogP contribution in [0.5, 0.6) is 0 Å². The van der Waals surface area contributed by atoms with Crippen LogP contribution in [0, 0.1) is 5.92 Å². The number of nitrogens with zero attached hydrogens (tertiary/aromatic N) is 1. The molecule has 3 N–H and O–H groups in total. The zero-order valence-electron chi connectivity index (χ0n) is 22.8. The number of likely N-dealkylation sites (tertiary alicyclic amines) is 1. The molecule has 1 heterocycles. The molecule has 1 aliphatic rings. The van der Waals surface area contributed by atoms with Crippen molar-refractivity contribution >= 4 is 35.6 Å². The molecule has 0 unspecified atom stereocenters. The van der Waals surface area contributed by atoms with E-state index in [1.165, 1.54) is 0 Å². The lowest BCUT2D eigenvalue weighted by atomic mass is 9.95. The van der Waals surface area contributed by atoms with Gasteiger partial charge in [0.15, 0.2) is 0 Å². The molecule has 1 fully saturated rings. The number of rotatable bonds is 10. The van der Waals surface area contributed by atoms with E-state index >= 15 is 0 Å². The van der Waals surface area contributed by atoms with Gasteiger partial charge in [-0.1, -0.05) is 30.3 Å². The molecule has 0 aromatic heterocycles. The van der Waals surface area contributed by atoms with E-state index in [1.807, 2.05) is 43.5 Å².